The predicted octanol–water partition coefficient (Wildman–Crippen LogP) is 2.66. The Bertz CT molecular complexity index is 601. The fourth-order valence-electron chi connectivity index (χ4n) is 5.47. The van der Waals surface area contributed by atoms with E-state index in [9.17, 15) is 9.59 Å². The van der Waals surface area contributed by atoms with Crippen LogP contribution in [0, 0.1) is 17.8 Å². The molecule has 4 unspecified atom stereocenters. The highest BCUT2D eigenvalue weighted by Gasteiger charge is 2.41. The molecule has 1 heterocycles. The second-order valence-electron chi connectivity index (χ2n) is 9.34. The monoisotopic (exact) mass is 439 g/mol. The molecular formula is C23H38ClN3O3. The fraction of sp³-hybridized carbons (Fsp3) is 0.826. The Labute approximate surface area is 186 Å². The first kappa shape index (κ1) is 23.6. The van der Waals surface area contributed by atoms with E-state index in [0.717, 1.165) is 18.8 Å². The molecule has 2 amide bonds. The van der Waals surface area contributed by atoms with Gasteiger partial charge in [-0.3, -0.25) is 9.59 Å². The Balaban J connectivity index is 1.50. The minimum absolute atomic E-state index is 0.0427. The zero-order valence-corrected chi connectivity index (χ0v) is 19.3. The van der Waals surface area contributed by atoms with Crippen LogP contribution < -0.4 is 5.32 Å². The van der Waals surface area contributed by atoms with Gasteiger partial charge in [-0.1, -0.05) is 26.3 Å². The molecule has 30 heavy (non-hydrogen) atoms. The van der Waals surface area contributed by atoms with E-state index in [2.05, 4.69) is 18.8 Å². The van der Waals surface area contributed by atoms with Crippen LogP contribution in [0.2, 0.25) is 0 Å². The minimum Gasteiger partial charge on any atom is -0.380 e. The van der Waals surface area contributed by atoms with Crippen LogP contribution in [0.5, 0.6) is 0 Å². The van der Waals surface area contributed by atoms with Gasteiger partial charge in [0, 0.05) is 44.7 Å². The van der Waals surface area contributed by atoms with Gasteiger partial charge >= 0.3 is 0 Å². The van der Waals surface area contributed by atoms with Crippen LogP contribution in [0.1, 0.15) is 45.4 Å². The summed E-state index contributed by atoms with van der Waals surface area (Å²) in [7, 11) is 1.74. The van der Waals surface area contributed by atoms with Gasteiger partial charge in [-0.15, -0.1) is 11.6 Å². The van der Waals surface area contributed by atoms with Gasteiger partial charge in [-0.25, -0.2) is 0 Å². The van der Waals surface area contributed by atoms with Crippen LogP contribution in [0.4, 0.5) is 0 Å². The lowest BCUT2D eigenvalue weighted by molar-refractivity contribution is -0.136. The topological polar surface area (TPSA) is 61.9 Å². The Hall–Kier alpha value is -1.11. The first-order chi connectivity index (χ1) is 14.4. The molecule has 0 bridgehead atoms. The lowest BCUT2D eigenvalue weighted by atomic mass is 9.69. The zero-order chi connectivity index (χ0) is 21.7. The summed E-state index contributed by atoms with van der Waals surface area (Å²) in [6.45, 7) is 8.47. The number of rotatable bonds is 6. The number of alkyl halides is 1. The number of nitrogens with one attached hydrogen (secondary N) is 1. The molecule has 0 radical (unpaired) electrons. The maximum absolute atomic E-state index is 12.7. The van der Waals surface area contributed by atoms with Crippen LogP contribution in [0.25, 0.3) is 0 Å². The Morgan fingerprint density at radius 3 is 2.33 bits per heavy atom. The van der Waals surface area contributed by atoms with E-state index < -0.39 is 0 Å². The van der Waals surface area contributed by atoms with Crippen molar-refractivity contribution < 1.29 is 14.3 Å². The van der Waals surface area contributed by atoms with Crippen molar-refractivity contribution in [3.8, 4) is 0 Å². The smallest absolute Gasteiger partial charge is 0.246 e. The number of amides is 2. The summed E-state index contributed by atoms with van der Waals surface area (Å²) in [6, 6.07) is 0.155. The van der Waals surface area contributed by atoms with Crippen molar-refractivity contribution in [3.63, 3.8) is 0 Å². The summed E-state index contributed by atoms with van der Waals surface area (Å²) < 4.78 is 5.73. The quantitative estimate of drug-likeness (QED) is 0.510. The zero-order valence-electron chi connectivity index (χ0n) is 18.5. The van der Waals surface area contributed by atoms with Crippen LogP contribution >= 0.6 is 11.6 Å². The van der Waals surface area contributed by atoms with Gasteiger partial charge in [-0.2, -0.15) is 0 Å². The van der Waals surface area contributed by atoms with E-state index in [1.54, 1.807) is 12.0 Å². The Morgan fingerprint density at radius 1 is 1.10 bits per heavy atom. The number of carbonyl (C=O) groups excluding carboxylic acids is 2. The standard InChI is InChI=1S/C23H38ClN3O3/c1-4-22(28)26-9-11-27(12-10-26)23(29)15-25-20-13-18(19(24)14-21(20)30-3)17-7-5-16(2)6-8-17/h4,16-21,25H,1,5-15H2,2-3H3. The molecule has 1 N–H and O–H groups in total. The average molecular weight is 440 g/mol. The normalized spacial score (nSPS) is 35.2. The van der Waals surface area contributed by atoms with Gasteiger partial charge in [-0.05, 0) is 49.5 Å². The molecule has 0 aromatic heterocycles. The molecule has 2 saturated carbocycles. The molecule has 3 fully saturated rings. The number of nitrogens with zero attached hydrogens (tertiary/aromatic N) is 2. The highest BCUT2D eigenvalue weighted by molar-refractivity contribution is 6.20. The van der Waals surface area contributed by atoms with Crippen molar-refractivity contribution in [2.45, 2.75) is 63.0 Å². The van der Waals surface area contributed by atoms with Crippen LogP contribution in [-0.4, -0.2) is 79.0 Å². The molecule has 3 rings (SSSR count). The predicted molar refractivity (Wildman–Crippen MR) is 119 cm³/mol. The molecule has 1 aliphatic heterocycles. The Kier molecular flexibility index (Phi) is 8.61. The largest absolute Gasteiger partial charge is 0.380 e. The molecule has 4 atom stereocenters. The summed E-state index contributed by atoms with van der Waals surface area (Å²) >= 11 is 6.80. The third-order valence-electron chi connectivity index (χ3n) is 7.50. The lowest BCUT2D eigenvalue weighted by Crippen LogP contribution is -2.55. The summed E-state index contributed by atoms with van der Waals surface area (Å²) in [4.78, 5) is 28.0. The first-order valence-electron chi connectivity index (χ1n) is 11.5. The molecule has 170 valence electrons. The summed E-state index contributed by atoms with van der Waals surface area (Å²) in [5.74, 6) is 2.04. The molecular weight excluding hydrogens is 402 g/mol. The lowest BCUT2D eigenvalue weighted by Gasteiger charge is -2.44. The highest BCUT2D eigenvalue weighted by Crippen LogP contribution is 2.42. The molecule has 3 aliphatic rings. The molecule has 0 spiro atoms. The second kappa shape index (κ2) is 11.0. The number of methoxy groups -OCH3 is 1. The van der Waals surface area contributed by atoms with E-state index in [-0.39, 0.29) is 29.3 Å². The molecule has 0 aromatic rings. The minimum atomic E-state index is -0.0656. The molecule has 1 saturated heterocycles. The van der Waals surface area contributed by atoms with E-state index in [1.807, 2.05) is 4.90 Å². The summed E-state index contributed by atoms with van der Waals surface area (Å²) in [5, 5.41) is 3.64. The van der Waals surface area contributed by atoms with Gasteiger partial charge in [0.05, 0.1) is 12.6 Å². The SMILES string of the molecule is C=CC(=O)N1CCN(C(=O)CNC2CC(C3CCC(C)CC3)C(Cl)CC2OC)CC1. The third kappa shape index (κ3) is 5.77. The number of ether oxygens (including phenoxy) is 1. The average Bonchev–Trinajstić information content (AvgIpc) is 2.78. The van der Waals surface area contributed by atoms with Gasteiger partial charge in [0.25, 0.3) is 0 Å². The third-order valence-corrected chi connectivity index (χ3v) is 8.00. The van der Waals surface area contributed by atoms with E-state index >= 15 is 0 Å². The number of piperazine rings is 1. The fourth-order valence-corrected chi connectivity index (χ4v) is 5.95. The van der Waals surface area contributed by atoms with Crippen molar-refractivity contribution in [1.82, 2.24) is 15.1 Å². The molecule has 7 heteroatoms. The summed E-state index contributed by atoms with van der Waals surface area (Å²) in [5.41, 5.74) is 0. The Morgan fingerprint density at radius 2 is 1.73 bits per heavy atom. The van der Waals surface area contributed by atoms with Crippen LogP contribution in [0.3, 0.4) is 0 Å². The number of halogens is 1. The van der Waals surface area contributed by atoms with Crippen molar-refractivity contribution in [2.24, 2.45) is 17.8 Å². The van der Waals surface area contributed by atoms with E-state index in [4.69, 9.17) is 16.3 Å². The maximum atomic E-state index is 12.7. The molecule has 0 aromatic carbocycles. The van der Waals surface area contributed by atoms with Gasteiger partial charge in [0.15, 0.2) is 0 Å². The maximum Gasteiger partial charge on any atom is 0.246 e. The van der Waals surface area contributed by atoms with Crippen molar-refractivity contribution in [2.75, 3.05) is 39.8 Å². The van der Waals surface area contributed by atoms with Gasteiger partial charge < -0.3 is 19.9 Å². The molecule has 2 aliphatic carbocycles. The van der Waals surface area contributed by atoms with Crippen LogP contribution in [0.15, 0.2) is 12.7 Å². The van der Waals surface area contributed by atoms with Gasteiger partial charge in [0.2, 0.25) is 11.8 Å². The van der Waals surface area contributed by atoms with Crippen molar-refractivity contribution in [3.05, 3.63) is 12.7 Å². The van der Waals surface area contributed by atoms with E-state index in [1.165, 1.54) is 31.8 Å². The van der Waals surface area contributed by atoms with E-state index in [0.29, 0.717) is 44.6 Å². The van der Waals surface area contributed by atoms with Crippen molar-refractivity contribution >= 4 is 23.4 Å². The second-order valence-corrected chi connectivity index (χ2v) is 9.90. The molecule has 6 nitrogen and oxygen atoms in total. The number of carbonyl (C=O) groups is 2. The number of hydrogen-bond donors (Lipinski definition) is 1. The first-order valence-corrected chi connectivity index (χ1v) is 12.0. The van der Waals surface area contributed by atoms with Gasteiger partial charge in [0.1, 0.15) is 0 Å². The highest BCUT2D eigenvalue weighted by atomic mass is 35.5. The van der Waals surface area contributed by atoms with Crippen molar-refractivity contribution in [1.29, 1.82) is 0 Å². The van der Waals surface area contributed by atoms with Crippen LogP contribution in [-0.2, 0) is 14.3 Å². The summed E-state index contributed by atoms with van der Waals surface area (Å²) in [6.07, 6.45) is 8.33. The number of hydrogen-bond acceptors (Lipinski definition) is 4.